The van der Waals surface area contributed by atoms with E-state index in [1.54, 1.807) is 0 Å². The summed E-state index contributed by atoms with van der Waals surface area (Å²) in [5.41, 5.74) is 3.27. The lowest BCUT2D eigenvalue weighted by molar-refractivity contribution is -0.124. The maximum atomic E-state index is 12.2. The fourth-order valence-corrected chi connectivity index (χ4v) is 2.89. The fraction of sp³-hybridized carbons (Fsp3) is 0.316. The Kier molecular flexibility index (Phi) is 4.51. The summed E-state index contributed by atoms with van der Waals surface area (Å²) in [6.07, 6.45) is 0.770. The van der Waals surface area contributed by atoms with Gasteiger partial charge in [-0.2, -0.15) is 0 Å². The first-order valence-electron chi connectivity index (χ1n) is 7.84. The lowest BCUT2D eigenvalue weighted by Crippen LogP contribution is -2.35. The zero-order valence-corrected chi connectivity index (χ0v) is 13.5. The van der Waals surface area contributed by atoms with Crippen LogP contribution in [-0.2, 0) is 4.79 Å². The van der Waals surface area contributed by atoms with Crippen molar-refractivity contribution in [3.63, 3.8) is 0 Å². The molecule has 0 saturated heterocycles. The van der Waals surface area contributed by atoms with E-state index < -0.39 is 0 Å². The Bertz CT molecular complexity index is 691. The van der Waals surface area contributed by atoms with Crippen molar-refractivity contribution in [3.8, 4) is 11.5 Å². The number of nitrogens with one attached hydrogen (secondary N) is 1. The molecule has 0 spiro atoms. The standard InChI is InChI=1S/C19H21NO3/c1-13-9-14(2)11-15(10-13)23-12-19(21)20-17-7-8-22-18-6-4-3-5-16(17)18/h3-6,9-11,17H,7-8,12H2,1-2H3,(H,20,21). The monoisotopic (exact) mass is 311 g/mol. The smallest absolute Gasteiger partial charge is 0.258 e. The predicted octanol–water partition coefficient (Wildman–Crippen LogP) is 3.32. The zero-order valence-electron chi connectivity index (χ0n) is 13.5. The van der Waals surface area contributed by atoms with Gasteiger partial charge in [-0.25, -0.2) is 0 Å². The topological polar surface area (TPSA) is 47.6 Å². The lowest BCUT2D eigenvalue weighted by atomic mass is 10.0. The third-order valence-corrected chi connectivity index (χ3v) is 3.86. The molecule has 1 aliphatic heterocycles. The number of ether oxygens (including phenoxy) is 2. The number of hydrogen-bond acceptors (Lipinski definition) is 3. The molecule has 4 heteroatoms. The van der Waals surface area contributed by atoms with E-state index in [-0.39, 0.29) is 18.6 Å². The summed E-state index contributed by atoms with van der Waals surface area (Å²) >= 11 is 0. The summed E-state index contributed by atoms with van der Waals surface area (Å²) in [6.45, 7) is 4.65. The quantitative estimate of drug-likeness (QED) is 0.942. The van der Waals surface area contributed by atoms with Gasteiger partial charge in [-0.05, 0) is 43.2 Å². The highest BCUT2D eigenvalue weighted by Crippen LogP contribution is 2.31. The van der Waals surface area contributed by atoms with Crippen LogP contribution < -0.4 is 14.8 Å². The number of para-hydroxylation sites is 1. The molecule has 0 radical (unpaired) electrons. The van der Waals surface area contributed by atoms with Crippen LogP contribution in [0, 0.1) is 13.8 Å². The van der Waals surface area contributed by atoms with E-state index in [1.165, 1.54) is 0 Å². The molecule has 3 rings (SSSR count). The normalized spacial score (nSPS) is 16.2. The Morgan fingerprint density at radius 1 is 1.22 bits per heavy atom. The zero-order chi connectivity index (χ0) is 16.2. The minimum Gasteiger partial charge on any atom is -0.493 e. The van der Waals surface area contributed by atoms with Gasteiger partial charge in [0.2, 0.25) is 0 Å². The molecule has 0 aliphatic carbocycles. The van der Waals surface area contributed by atoms with Gasteiger partial charge in [-0.1, -0.05) is 24.3 Å². The summed E-state index contributed by atoms with van der Waals surface area (Å²) in [5, 5.41) is 3.03. The predicted molar refractivity (Wildman–Crippen MR) is 88.8 cm³/mol. The molecule has 1 atom stereocenters. The van der Waals surface area contributed by atoms with Gasteiger partial charge in [0.05, 0.1) is 12.6 Å². The van der Waals surface area contributed by atoms with Gasteiger partial charge in [-0.15, -0.1) is 0 Å². The molecule has 4 nitrogen and oxygen atoms in total. The number of carbonyl (C=O) groups is 1. The van der Waals surface area contributed by atoms with E-state index >= 15 is 0 Å². The molecule has 120 valence electrons. The van der Waals surface area contributed by atoms with Gasteiger partial charge in [0.25, 0.3) is 5.91 Å². The molecule has 23 heavy (non-hydrogen) atoms. The largest absolute Gasteiger partial charge is 0.493 e. The van der Waals surface area contributed by atoms with Crippen molar-refractivity contribution in [3.05, 3.63) is 59.2 Å². The van der Waals surface area contributed by atoms with Crippen LogP contribution >= 0.6 is 0 Å². The van der Waals surface area contributed by atoms with Crippen molar-refractivity contribution in [1.82, 2.24) is 5.32 Å². The van der Waals surface area contributed by atoms with Gasteiger partial charge in [0.15, 0.2) is 6.61 Å². The SMILES string of the molecule is Cc1cc(C)cc(OCC(=O)NC2CCOc3ccccc32)c1. The number of amides is 1. The van der Waals surface area contributed by atoms with Gasteiger partial charge >= 0.3 is 0 Å². The minimum atomic E-state index is -0.120. The first kappa shape index (κ1) is 15.4. The van der Waals surface area contributed by atoms with Crippen LogP contribution in [0.1, 0.15) is 29.2 Å². The van der Waals surface area contributed by atoms with Crippen molar-refractivity contribution in [1.29, 1.82) is 0 Å². The van der Waals surface area contributed by atoms with Crippen LogP contribution in [0.3, 0.4) is 0 Å². The van der Waals surface area contributed by atoms with Crippen molar-refractivity contribution < 1.29 is 14.3 Å². The second kappa shape index (κ2) is 6.73. The van der Waals surface area contributed by atoms with Crippen LogP contribution in [0.2, 0.25) is 0 Å². The second-order valence-electron chi connectivity index (χ2n) is 5.91. The van der Waals surface area contributed by atoms with Crippen LogP contribution in [0.25, 0.3) is 0 Å². The summed E-state index contributed by atoms with van der Waals surface area (Å²) in [7, 11) is 0. The molecule has 0 fully saturated rings. The summed E-state index contributed by atoms with van der Waals surface area (Å²) in [6, 6.07) is 13.7. The Hall–Kier alpha value is -2.49. The molecule has 0 aromatic heterocycles. The summed E-state index contributed by atoms with van der Waals surface area (Å²) in [5.74, 6) is 1.45. The van der Waals surface area contributed by atoms with Crippen molar-refractivity contribution in [2.75, 3.05) is 13.2 Å². The van der Waals surface area contributed by atoms with Crippen LogP contribution in [0.5, 0.6) is 11.5 Å². The molecular weight excluding hydrogens is 290 g/mol. The Morgan fingerprint density at radius 3 is 2.74 bits per heavy atom. The molecule has 0 bridgehead atoms. The van der Waals surface area contributed by atoms with Gasteiger partial charge in [-0.3, -0.25) is 4.79 Å². The third-order valence-electron chi connectivity index (χ3n) is 3.86. The van der Waals surface area contributed by atoms with E-state index in [2.05, 4.69) is 11.4 Å². The highest BCUT2D eigenvalue weighted by atomic mass is 16.5. The van der Waals surface area contributed by atoms with E-state index in [0.717, 1.165) is 34.6 Å². The highest BCUT2D eigenvalue weighted by molar-refractivity contribution is 5.78. The number of rotatable bonds is 4. The molecule has 1 amide bonds. The highest BCUT2D eigenvalue weighted by Gasteiger charge is 2.22. The molecule has 1 unspecified atom stereocenters. The minimum absolute atomic E-state index is 0.0163. The molecule has 1 aliphatic rings. The van der Waals surface area contributed by atoms with E-state index in [4.69, 9.17) is 9.47 Å². The van der Waals surface area contributed by atoms with Gasteiger partial charge in [0.1, 0.15) is 11.5 Å². The van der Waals surface area contributed by atoms with Crippen LogP contribution in [0.4, 0.5) is 0 Å². The number of hydrogen-bond donors (Lipinski definition) is 1. The second-order valence-corrected chi connectivity index (χ2v) is 5.91. The summed E-state index contributed by atoms with van der Waals surface area (Å²) < 4.78 is 11.2. The van der Waals surface area contributed by atoms with E-state index in [1.807, 2.05) is 50.2 Å². The molecule has 0 saturated carbocycles. The lowest BCUT2D eigenvalue weighted by Gasteiger charge is -2.26. The molecule has 2 aromatic carbocycles. The molecular formula is C19H21NO3. The Morgan fingerprint density at radius 2 is 1.96 bits per heavy atom. The van der Waals surface area contributed by atoms with Gasteiger partial charge < -0.3 is 14.8 Å². The number of carbonyl (C=O) groups excluding carboxylic acids is 1. The van der Waals surface area contributed by atoms with Crippen LogP contribution in [0.15, 0.2) is 42.5 Å². The van der Waals surface area contributed by atoms with E-state index in [9.17, 15) is 4.79 Å². The van der Waals surface area contributed by atoms with Crippen molar-refractivity contribution in [2.24, 2.45) is 0 Å². The summed E-state index contributed by atoms with van der Waals surface area (Å²) in [4.78, 5) is 12.2. The number of benzene rings is 2. The fourth-order valence-electron chi connectivity index (χ4n) is 2.89. The first-order chi connectivity index (χ1) is 11.1. The van der Waals surface area contributed by atoms with Gasteiger partial charge in [0, 0.05) is 12.0 Å². The van der Waals surface area contributed by atoms with Crippen molar-refractivity contribution >= 4 is 5.91 Å². The number of fused-ring (bicyclic) bond motifs is 1. The Labute approximate surface area is 136 Å². The maximum absolute atomic E-state index is 12.2. The maximum Gasteiger partial charge on any atom is 0.258 e. The molecule has 1 N–H and O–H groups in total. The third kappa shape index (κ3) is 3.83. The first-order valence-corrected chi connectivity index (χ1v) is 7.84. The Balaban J connectivity index is 1.60. The average molecular weight is 311 g/mol. The van der Waals surface area contributed by atoms with Crippen LogP contribution in [-0.4, -0.2) is 19.1 Å². The molecule has 2 aromatic rings. The molecule has 1 heterocycles. The average Bonchev–Trinajstić information content (AvgIpc) is 2.52. The van der Waals surface area contributed by atoms with Crippen molar-refractivity contribution in [2.45, 2.75) is 26.3 Å². The van der Waals surface area contributed by atoms with E-state index in [0.29, 0.717) is 6.61 Å². The number of aryl methyl sites for hydroxylation is 2.